The third-order valence-electron chi connectivity index (χ3n) is 3.55. The molecule has 0 bridgehead atoms. The normalized spacial score (nSPS) is 16.7. The molecule has 0 heterocycles. The molecule has 2 rings (SSSR count). The van der Waals surface area contributed by atoms with E-state index in [9.17, 15) is 0 Å². The quantitative estimate of drug-likeness (QED) is 0.677. The van der Waals surface area contributed by atoms with Crippen LogP contribution in [0.5, 0.6) is 0 Å². The van der Waals surface area contributed by atoms with Crippen molar-refractivity contribution >= 4 is 0 Å². The van der Waals surface area contributed by atoms with E-state index in [4.69, 9.17) is 4.74 Å². The highest BCUT2D eigenvalue weighted by Gasteiger charge is 2.20. The van der Waals surface area contributed by atoms with Gasteiger partial charge in [0.15, 0.2) is 0 Å². The summed E-state index contributed by atoms with van der Waals surface area (Å²) in [4.78, 5) is 0. The molecule has 2 heteroatoms. The van der Waals surface area contributed by atoms with Crippen molar-refractivity contribution in [3.8, 4) is 0 Å². The molecule has 1 aromatic carbocycles. The third-order valence-corrected chi connectivity index (χ3v) is 3.55. The number of hydrogen-bond donors (Lipinski definition) is 1. The lowest BCUT2D eigenvalue weighted by molar-refractivity contribution is 0.124. The van der Waals surface area contributed by atoms with Gasteiger partial charge in [0.1, 0.15) is 0 Å². The number of nitrogens with one attached hydrogen (secondary N) is 1. The zero-order chi connectivity index (χ0) is 12.6. The van der Waals surface area contributed by atoms with E-state index in [2.05, 4.69) is 42.6 Å². The molecule has 0 aromatic heterocycles. The van der Waals surface area contributed by atoms with Crippen LogP contribution in [0.15, 0.2) is 30.3 Å². The topological polar surface area (TPSA) is 21.3 Å². The first kappa shape index (κ1) is 13.6. The van der Waals surface area contributed by atoms with E-state index < -0.39 is 0 Å². The van der Waals surface area contributed by atoms with Crippen LogP contribution < -0.4 is 5.32 Å². The molecule has 1 atom stereocenters. The van der Waals surface area contributed by atoms with Gasteiger partial charge in [0.2, 0.25) is 0 Å². The first-order chi connectivity index (χ1) is 8.88. The van der Waals surface area contributed by atoms with Crippen molar-refractivity contribution in [3.05, 3.63) is 35.9 Å². The van der Waals surface area contributed by atoms with Gasteiger partial charge >= 0.3 is 0 Å². The second-order valence-electron chi connectivity index (χ2n) is 5.27. The highest BCUT2D eigenvalue weighted by Crippen LogP contribution is 2.28. The maximum atomic E-state index is 5.64. The van der Waals surface area contributed by atoms with E-state index in [1.807, 2.05) is 0 Å². The average molecular weight is 247 g/mol. The van der Waals surface area contributed by atoms with Gasteiger partial charge in [0.25, 0.3) is 0 Å². The minimum Gasteiger partial charge on any atom is -0.380 e. The Hall–Kier alpha value is -0.860. The van der Waals surface area contributed by atoms with Gasteiger partial charge in [-0.25, -0.2) is 0 Å². The van der Waals surface area contributed by atoms with Crippen LogP contribution in [-0.2, 0) is 11.2 Å². The van der Waals surface area contributed by atoms with Crippen LogP contribution in [0.2, 0.25) is 0 Å². The maximum absolute atomic E-state index is 5.64. The number of benzene rings is 1. The number of hydrogen-bond acceptors (Lipinski definition) is 2. The molecule has 0 spiro atoms. The van der Waals surface area contributed by atoms with Gasteiger partial charge in [-0.3, -0.25) is 0 Å². The third kappa shape index (κ3) is 5.19. The van der Waals surface area contributed by atoms with E-state index in [0.717, 1.165) is 38.5 Å². The van der Waals surface area contributed by atoms with Gasteiger partial charge in [-0.2, -0.15) is 0 Å². The van der Waals surface area contributed by atoms with Crippen molar-refractivity contribution in [2.24, 2.45) is 5.92 Å². The first-order valence-electron chi connectivity index (χ1n) is 7.23. The largest absolute Gasteiger partial charge is 0.380 e. The molecule has 0 amide bonds. The second kappa shape index (κ2) is 7.55. The van der Waals surface area contributed by atoms with Crippen molar-refractivity contribution in [1.29, 1.82) is 0 Å². The summed E-state index contributed by atoms with van der Waals surface area (Å²) in [6, 6.07) is 11.3. The van der Waals surface area contributed by atoms with Crippen LogP contribution in [0.4, 0.5) is 0 Å². The Morgan fingerprint density at radius 3 is 2.72 bits per heavy atom. The molecule has 1 aliphatic rings. The zero-order valence-electron chi connectivity index (χ0n) is 11.4. The summed E-state index contributed by atoms with van der Waals surface area (Å²) in [5, 5.41) is 3.59. The minimum atomic E-state index is 0.567. The van der Waals surface area contributed by atoms with Crippen LogP contribution in [0, 0.1) is 5.92 Å². The summed E-state index contributed by atoms with van der Waals surface area (Å²) in [6.45, 7) is 5.03. The van der Waals surface area contributed by atoms with E-state index in [0.29, 0.717) is 6.04 Å². The Kier molecular flexibility index (Phi) is 5.69. The van der Waals surface area contributed by atoms with Gasteiger partial charge < -0.3 is 10.1 Å². The fourth-order valence-electron chi connectivity index (χ4n) is 2.13. The predicted molar refractivity (Wildman–Crippen MR) is 75.8 cm³/mol. The second-order valence-corrected chi connectivity index (χ2v) is 5.27. The van der Waals surface area contributed by atoms with Crippen LogP contribution in [0.1, 0.15) is 31.7 Å². The van der Waals surface area contributed by atoms with Crippen LogP contribution in [0.25, 0.3) is 0 Å². The Bertz CT molecular complexity index is 321. The van der Waals surface area contributed by atoms with E-state index in [1.165, 1.54) is 18.4 Å². The van der Waals surface area contributed by atoms with Gasteiger partial charge in [-0.05, 0) is 37.2 Å². The van der Waals surface area contributed by atoms with E-state index >= 15 is 0 Å². The summed E-state index contributed by atoms with van der Waals surface area (Å²) in [5.74, 6) is 0.872. The van der Waals surface area contributed by atoms with Crippen molar-refractivity contribution in [2.75, 3.05) is 19.8 Å². The van der Waals surface area contributed by atoms with Gasteiger partial charge in [0.05, 0.1) is 6.61 Å². The molecular weight excluding hydrogens is 222 g/mol. The number of rotatable bonds is 9. The molecule has 1 aromatic rings. The molecule has 1 fully saturated rings. The molecule has 1 aliphatic carbocycles. The molecule has 1 saturated carbocycles. The van der Waals surface area contributed by atoms with E-state index in [-0.39, 0.29) is 0 Å². The SMILES string of the molecule is CCC(Cc1ccccc1)NCCOCC1CC1. The molecule has 0 radical (unpaired) electrons. The summed E-state index contributed by atoms with van der Waals surface area (Å²) in [6.07, 6.45) is 5.02. The van der Waals surface area contributed by atoms with E-state index in [1.54, 1.807) is 0 Å². The van der Waals surface area contributed by atoms with Crippen molar-refractivity contribution in [1.82, 2.24) is 5.32 Å². The predicted octanol–water partition coefficient (Wildman–Crippen LogP) is 3.02. The number of ether oxygens (including phenoxy) is 1. The fraction of sp³-hybridized carbons (Fsp3) is 0.625. The Morgan fingerprint density at radius 2 is 2.06 bits per heavy atom. The Labute approximate surface area is 111 Å². The monoisotopic (exact) mass is 247 g/mol. The lowest BCUT2D eigenvalue weighted by Gasteiger charge is -2.17. The maximum Gasteiger partial charge on any atom is 0.0591 e. The molecule has 1 unspecified atom stereocenters. The van der Waals surface area contributed by atoms with Crippen LogP contribution in [-0.4, -0.2) is 25.8 Å². The Balaban J connectivity index is 1.59. The summed E-state index contributed by atoms with van der Waals surface area (Å²) >= 11 is 0. The molecule has 18 heavy (non-hydrogen) atoms. The summed E-state index contributed by atoms with van der Waals surface area (Å²) in [5.41, 5.74) is 1.41. The Morgan fingerprint density at radius 1 is 1.28 bits per heavy atom. The highest BCUT2D eigenvalue weighted by atomic mass is 16.5. The standard InChI is InChI=1S/C16H25NO/c1-2-16(12-14-6-4-3-5-7-14)17-10-11-18-13-15-8-9-15/h3-7,15-17H,2,8-13H2,1H3. The summed E-state index contributed by atoms with van der Waals surface area (Å²) < 4.78 is 5.64. The van der Waals surface area contributed by atoms with Crippen molar-refractivity contribution < 1.29 is 4.74 Å². The molecule has 0 saturated heterocycles. The summed E-state index contributed by atoms with van der Waals surface area (Å²) in [7, 11) is 0. The van der Waals surface area contributed by atoms with Crippen molar-refractivity contribution in [3.63, 3.8) is 0 Å². The average Bonchev–Trinajstić information content (AvgIpc) is 3.22. The smallest absolute Gasteiger partial charge is 0.0591 e. The molecule has 100 valence electrons. The molecule has 1 N–H and O–H groups in total. The molecular formula is C16H25NO. The van der Waals surface area contributed by atoms with Crippen LogP contribution in [0.3, 0.4) is 0 Å². The minimum absolute atomic E-state index is 0.567. The first-order valence-corrected chi connectivity index (χ1v) is 7.23. The zero-order valence-corrected chi connectivity index (χ0v) is 11.4. The highest BCUT2D eigenvalue weighted by molar-refractivity contribution is 5.15. The van der Waals surface area contributed by atoms with Gasteiger partial charge in [-0.15, -0.1) is 0 Å². The van der Waals surface area contributed by atoms with Gasteiger partial charge in [0, 0.05) is 19.2 Å². The van der Waals surface area contributed by atoms with Gasteiger partial charge in [-0.1, -0.05) is 37.3 Å². The lowest BCUT2D eigenvalue weighted by atomic mass is 10.0. The molecule has 2 nitrogen and oxygen atoms in total. The fourth-order valence-corrected chi connectivity index (χ4v) is 2.13. The molecule has 0 aliphatic heterocycles. The van der Waals surface area contributed by atoms with Crippen LogP contribution >= 0.6 is 0 Å². The van der Waals surface area contributed by atoms with Crippen molar-refractivity contribution in [2.45, 2.75) is 38.6 Å². The lowest BCUT2D eigenvalue weighted by Crippen LogP contribution is -2.33.